The van der Waals surface area contributed by atoms with E-state index in [-0.39, 0.29) is 6.03 Å². The van der Waals surface area contributed by atoms with Crippen molar-refractivity contribution in [2.45, 2.75) is 19.3 Å². The number of nitrogens with one attached hydrogen (secondary N) is 2. The summed E-state index contributed by atoms with van der Waals surface area (Å²) in [5, 5.41) is 5.39. The average molecular weight is 198 g/mol. The van der Waals surface area contributed by atoms with Gasteiger partial charge in [-0.3, -0.25) is 0 Å². The number of carbonyl (C=O) groups excluding carboxylic acids is 1. The molecule has 4 nitrogen and oxygen atoms in total. The van der Waals surface area contributed by atoms with Gasteiger partial charge in [-0.1, -0.05) is 6.08 Å². The van der Waals surface area contributed by atoms with Gasteiger partial charge in [-0.25, -0.2) is 4.79 Å². The molecule has 0 spiro atoms. The van der Waals surface area contributed by atoms with Crippen LogP contribution in [0.2, 0.25) is 0 Å². The van der Waals surface area contributed by atoms with Crippen molar-refractivity contribution < 1.29 is 9.53 Å². The van der Waals surface area contributed by atoms with Crippen LogP contribution in [0.5, 0.6) is 0 Å². The van der Waals surface area contributed by atoms with Crippen LogP contribution in [0.1, 0.15) is 19.3 Å². The Bertz CT molecular complexity index is 200. The van der Waals surface area contributed by atoms with Crippen molar-refractivity contribution in [2.75, 3.05) is 20.3 Å². The number of ether oxygens (including phenoxy) is 1. The minimum Gasteiger partial charge on any atom is -0.385 e. The summed E-state index contributed by atoms with van der Waals surface area (Å²) in [6.45, 7) is 1.33. The molecule has 0 atom stereocenters. The predicted octanol–water partition coefficient (Wildman–Crippen LogP) is 1.25. The van der Waals surface area contributed by atoms with Gasteiger partial charge in [0, 0.05) is 26.5 Å². The average Bonchev–Trinajstić information content (AvgIpc) is 2.96. The minimum absolute atomic E-state index is 0.141. The Hall–Kier alpha value is -1.03. The van der Waals surface area contributed by atoms with Crippen molar-refractivity contribution in [3.63, 3.8) is 0 Å². The third-order valence-electron chi connectivity index (χ3n) is 2.02. The predicted molar refractivity (Wildman–Crippen MR) is 54.9 cm³/mol. The maximum Gasteiger partial charge on any atom is 0.318 e. The fraction of sp³-hybridized carbons (Fsp3) is 0.700. The molecule has 4 heteroatoms. The summed E-state index contributed by atoms with van der Waals surface area (Å²) in [4.78, 5) is 11.1. The lowest BCUT2D eigenvalue weighted by Gasteiger charge is -2.03. The number of carbonyl (C=O) groups is 1. The van der Waals surface area contributed by atoms with Crippen molar-refractivity contribution in [3.8, 4) is 0 Å². The summed E-state index contributed by atoms with van der Waals surface area (Å²) in [5.74, 6) is 0.698. The van der Waals surface area contributed by atoms with Crippen LogP contribution >= 0.6 is 0 Å². The summed E-state index contributed by atoms with van der Waals surface area (Å²) in [6.07, 6.45) is 7.12. The lowest BCUT2D eigenvalue weighted by atomic mass is 10.4. The van der Waals surface area contributed by atoms with E-state index in [4.69, 9.17) is 4.74 Å². The molecule has 0 saturated heterocycles. The van der Waals surface area contributed by atoms with Gasteiger partial charge < -0.3 is 15.4 Å². The van der Waals surface area contributed by atoms with Gasteiger partial charge in [0.1, 0.15) is 0 Å². The van der Waals surface area contributed by atoms with E-state index in [9.17, 15) is 4.79 Å². The van der Waals surface area contributed by atoms with E-state index in [0.29, 0.717) is 19.1 Å². The van der Waals surface area contributed by atoms with Gasteiger partial charge >= 0.3 is 6.03 Å². The van der Waals surface area contributed by atoms with Crippen LogP contribution < -0.4 is 10.6 Å². The Morgan fingerprint density at radius 3 is 3.00 bits per heavy atom. The number of urea groups is 1. The molecule has 0 aromatic carbocycles. The molecule has 0 unspecified atom stereocenters. The van der Waals surface area contributed by atoms with Gasteiger partial charge in [-0.2, -0.15) is 0 Å². The smallest absolute Gasteiger partial charge is 0.318 e. The molecule has 80 valence electrons. The fourth-order valence-electron chi connectivity index (χ4n) is 1.02. The van der Waals surface area contributed by atoms with Gasteiger partial charge in [-0.05, 0) is 25.2 Å². The second-order valence-electron chi connectivity index (χ2n) is 3.44. The molecule has 1 fully saturated rings. The van der Waals surface area contributed by atoms with E-state index in [1.54, 1.807) is 13.3 Å². The molecule has 0 aliphatic heterocycles. The Morgan fingerprint density at radius 1 is 1.57 bits per heavy atom. The van der Waals surface area contributed by atoms with Gasteiger partial charge in [0.2, 0.25) is 0 Å². The van der Waals surface area contributed by atoms with E-state index in [2.05, 4.69) is 10.6 Å². The SMILES string of the molecule is COCCCNC(=O)N/C=C/C1CC1. The Balaban J connectivity index is 1.92. The van der Waals surface area contributed by atoms with E-state index in [1.165, 1.54) is 12.8 Å². The molecule has 0 heterocycles. The van der Waals surface area contributed by atoms with Crippen molar-refractivity contribution in [1.29, 1.82) is 0 Å². The molecule has 0 bridgehead atoms. The lowest BCUT2D eigenvalue weighted by Crippen LogP contribution is -2.33. The zero-order chi connectivity index (χ0) is 10.2. The van der Waals surface area contributed by atoms with E-state index < -0.39 is 0 Å². The van der Waals surface area contributed by atoms with E-state index in [1.807, 2.05) is 6.08 Å². The summed E-state index contributed by atoms with van der Waals surface area (Å²) in [6, 6.07) is -0.141. The van der Waals surface area contributed by atoms with Crippen LogP contribution in [0.3, 0.4) is 0 Å². The Morgan fingerprint density at radius 2 is 2.36 bits per heavy atom. The first-order valence-corrected chi connectivity index (χ1v) is 5.03. The summed E-state index contributed by atoms with van der Waals surface area (Å²) in [5.41, 5.74) is 0. The highest BCUT2D eigenvalue weighted by Crippen LogP contribution is 2.29. The zero-order valence-electron chi connectivity index (χ0n) is 8.58. The lowest BCUT2D eigenvalue weighted by molar-refractivity contribution is 0.193. The molecular formula is C10H18N2O2. The topological polar surface area (TPSA) is 50.4 Å². The molecule has 1 rings (SSSR count). The molecule has 0 radical (unpaired) electrons. The van der Waals surface area contributed by atoms with Crippen molar-refractivity contribution in [2.24, 2.45) is 5.92 Å². The first kappa shape index (κ1) is 11.0. The van der Waals surface area contributed by atoms with Gasteiger partial charge in [-0.15, -0.1) is 0 Å². The maximum absolute atomic E-state index is 11.1. The number of amides is 2. The third-order valence-corrected chi connectivity index (χ3v) is 2.02. The molecular weight excluding hydrogens is 180 g/mol. The highest BCUT2D eigenvalue weighted by Gasteiger charge is 2.16. The molecule has 1 aliphatic rings. The molecule has 2 N–H and O–H groups in total. The Kier molecular flexibility index (Phi) is 5.07. The minimum atomic E-state index is -0.141. The molecule has 1 saturated carbocycles. The van der Waals surface area contributed by atoms with Crippen LogP contribution in [-0.2, 0) is 4.74 Å². The molecule has 2 amide bonds. The monoisotopic (exact) mass is 198 g/mol. The van der Waals surface area contributed by atoms with Crippen molar-refractivity contribution in [1.82, 2.24) is 10.6 Å². The number of hydrogen-bond donors (Lipinski definition) is 2. The summed E-state index contributed by atoms with van der Waals surface area (Å²) in [7, 11) is 1.65. The summed E-state index contributed by atoms with van der Waals surface area (Å²) < 4.78 is 4.86. The molecule has 1 aliphatic carbocycles. The van der Waals surface area contributed by atoms with Crippen LogP contribution in [-0.4, -0.2) is 26.3 Å². The highest BCUT2D eigenvalue weighted by atomic mass is 16.5. The number of allylic oxidation sites excluding steroid dienone is 1. The van der Waals surface area contributed by atoms with Crippen LogP contribution in [0.4, 0.5) is 4.79 Å². The number of methoxy groups -OCH3 is 1. The second-order valence-corrected chi connectivity index (χ2v) is 3.44. The normalized spacial score (nSPS) is 15.8. The zero-order valence-corrected chi connectivity index (χ0v) is 8.58. The third kappa shape index (κ3) is 5.59. The fourth-order valence-corrected chi connectivity index (χ4v) is 1.02. The van der Waals surface area contributed by atoms with Crippen LogP contribution in [0.25, 0.3) is 0 Å². The van der Waals surface area contributed by atoms with Gasteiger partial charge in [0.15, 0.2) is 0 Å². The molecule has 0 aromatic heterocycles. The first-order valence-electron chi connectivity index (χ1n) is 5.03. The van der Waals surface area contributed by atoms with E-state index in [0.717, 1.165) is 6.42 Å². The first-order chi connectivity index (χ1) is 6.83. The second kappa shape index (κ2) is 6.43. The van der Waals surface area contributed by atoms with Crippen LogP contribution in [0, 0.1) is 5.92 Å². The van der Waals surface area contributed by atoms with Gasteiger partial charge in [0.25, 0.3) is 0 Å². The molecule has 0 aromatic rings. The van der Waals surface area contributed by atoms with E-state index >= 15 is 0 Å². The maximum atomic E-state index is 11.1. The Labute approximate surface area is 84.7 Å². The van der Waals surface area contributed by atoms with Gasteiger partial charge in [0.05, 0.1) is 0 Å². The molecule has 14 heavy (non-hydrogen) atoms. The summed E-state index contributed by atoms with van der Waals surface area (Å²) >= 11 is 0. The number of rotatable bonds is 6. The quantitative estimate of drug-likeness (QED) is 0.631. The van der Waals surface area contributed by atoms with Crippen molar-refractivity contribution in [3.05, 3.63) is 12.3 Å². The number of hydrogen-bond acceptors (Lipinski definition) is 2. The standard InChI is InChI=1S/C10H18N2O2/c1-14-8-2-6-11-10(13)12-7-5-9-3-4-9/h5,7,9H,2-4,6,8H2,1H3,(H2,11,12,13)/b7-5+. The van der Waals surface area contributed by atoms with Crippen molar-refractivity contribution >= 4 is 6.03 Å². The van der Waals surface area contributed by atoms with Crippen LogP contribution in [0.15, 0.2) is 12.3 Å². The highest BCUT2D eigenvalue weighted by molar-refractivity contribution is 5.74. The largest absolute Gasteiger partial charge is 0.385 e.